The Morgan fingerprint density at radius 3 is 2.00 bits per heavy atom. The standard InChI is InChI=1S/C41H52N8O6/c1-24(2)33(46-39(52)55-7)36(50)48-20-8-10-32(48)35-42-22-30(44-35)28-15-11-26(12-16-28)27-13-17-29(18-14-27)31-23-43-38(45-31)41(5)19-9-21-49(41)37(51)34(25(3)4)47(6)40(53)54/h11-18,22-25,32-34H,8-10,19-21H2,1-7H3,(H,42,44)(H,43,45)(H,46,52)(H,53,54)/t32?,33-,34-,41-/m0/s1. The first-order valence-corrected chi connectivity index (χ1v) is 19.0. The molecule has 4 heterocycles. The second-order valence-electron chi connectivity index (χ2n) is 15.5. The van der Waals surface area contributed by atoms with E-state index in [1.165, 1.54) is 14.2 Å². The minimum absolute atomic E-state index is 0.108. The van der Waals surface area contributed by atoms with Crippen LogP contribution in [-0.2, 0) is 19.9 Å². The molecule has 1 unspecified atom stereocenters. The number of carbonyl (C=O) groups is 4. The van der Waals surface area contributed by atoms with Crippen molar-refractivity contribution in [3.05, 3.63) is 72.6 Å². The molecule has 6 rings (SSSR count). The number of likely N-dealkylation sites (N-methyl/N-ethyl adjacent to an activating group) is 1. The summed E-state index contributed by atoms with van der Waals surface area (Å²) >= 11 is 0. The lowest BCUT2D eigenvalue weighted by atomic mass is 9.95. The van der Waals surface area contributed by atoms with Gasteiger partial charge in [0.05, 0.1) is 42.5 Å². The fourth-order valence-corrected chi connectivity index (χ4v) is 8.01. The molecule has 2 aromatic carbocycles. The van der Waals surface area contributed by atoms with Gasteiger partial charge < -0.3 is 34.9 Å². The van der Waals surface area contributed by atoms with E-state index in [9.17, 15) is 24.3 Å². The highest BCUT2D eigenvalue weighted by Crippen LogP contribution is 2.39. The Morgan fingerprint density at radius 2 is 1.44 bits per heavy atom. The normalized spacial score (nSPS) is 19.5. The quantitative estimate of drug-likeness (QED) is 0.132. The van der Waals surface area contributed by atoms with Gasteiger partial charge in [-0.05, 0) is 66.7 Å². The first-order chi connectivity index (χ1) is 26.2. The number of carbonyl (C=O) groups excluding carboxylic acids is 3. The average molecular weight is 753 g/mol. The maximum absolute atomic E-state index is 13.8. The number of nitrogens with one attached hydrogen (secondary N) is 3. The fraction of sp³-hybridized carbons (Fsp3) is 0.463. The monoisotopic (exact) mass is 752 g/mol. The molecule has 4 N–H and O–H groups in total. The van der Waals surface area contributed by atoms with Crippen LogP contribution < -0.4 is 5.32 Å². The summed E-state index contributed by atoms with van der Waals surface area (Å²) in [6, 6.07) is 14.7. The van der Waals surface area contributed by atoms with Gasteiger partial charge in [0.1, 0.15) is 23.7 Å². The summed E-state index contributed by atoms with van der Waals surface area (Å²) in [6.45, 7) is 10.6. The van der Waals surface area contributed by atoms with Crippen molar-refractivity contribution in [2.24, 2.45) is 11.8 Å². The van der Waals surface area contributed by atoms with Gasteiger partial charge in [-0.25, -0.2) is 19.6 Å². The molecule has 0 aliphatic carbocycles. The molecule has 4 atom stereocenters. The number of imidazole rings is 2. The van der Waals surface area contributed by atoms with Crippen molar-refractivity contribution >= 4 is 24.0 Å². The SMILES string of the molecule is COC(=O)N[C@H](C(=O)N1CCCC1c1ncc(-c2ccc(-c3ccc(-c4cnc([C@]5(C)CCCN5C(=O)[C@H](C(C)C)N(C)C(=O)O)[nH]4)cc3)cc2)[nH]1)C(C)C. The van der Waals surface area contributed by atoms with Gasteiger partial charge in [-0.15, -0.1) is 0 Å². The Morgan fingerprint density at radius 1 is 0.855 bits per heavy atom. The number of likely N-dealkylation sites (tertiary alicyclic amines) is 2. The zero-order chi connectivity index (χ0) is 39.6. The predicted molar refractivity (Wildman–Crippen MR) is 208 cm³/mol. The van der Waals surface area contributed by atoms with Gasteiger partial charge in [0, 0.05) is 20.1 Å². The minimum atomic E-state index is -1.13. The Kier molecular flexibility index (Phi) is 11.3. The predicted octanol–water partition coefficient (Wildman–Crippen LogP) is 6.65. The lowest BCUT2D eigenvalue weighted by Crippen LogP contribution is -2.55. The summed E-state index contributed by atoms with van der Waals surface area (Å²) in [7, 11) is 2.74. The minimum Gasteiger partial charge on any atom is -0.465 e. The van der Waals surface area contributed by atoms with E-state index in [1.807, 2.05) is 58.9 Å². The molecule has 2 aliphatic heterocycles. The maximum Gasteiger partial charge on any atom is 0.407 e. The number of hydrogen-bond acceptors (Lipinski definition) is 7. The Bertz CT molecular complexity index is 2000. The molecule has 2 saturated heterocycles. The second kappa shape index (κ2) is 16.0. The van der Waals surface area contributed by atoms with Crippen LogP contribution in [0.2, 0.25) is 0 Å². The third-order valence-electron chi connectivity index (χ3n) is 11.2. The first kappa shape index (κ1) is 39.0. The van der Waals surface area contributed by atoms with Crippen LogP contribution in [0.25, 0.3) is 33.6 Å². The van der Waals surface area contributed by atoms with Crippen LogP contribution in [-0.4, -0.2) is 103 Å². The number of hydrogen-bond donors (Lipinski definition) is 4. The van der Waals surface area contributed by atoms with E-state index in [4.69, 9.17) is 9.72 Å². The molecule has 2 aromatic heterocycles. The van der Waals surface area contributed by atoms with E-state index in [1.54, 1.807) is 22.2 Å². The Labute approximate surface area is 321 Å². The van der Waals surface area contributed by atoms with Crippen molar-refractivity contribution in [1.29, 1.82) is 0 Å². The average Bonchev–Trinajstić information content (AvgIpc) is 4.00. The molecule has 0 saturated carbocycles. The van der Waals surface area contributed by atoms with Gasteiger partial charge in [0.25, 0.3) is 0 Å². The van der Waals surface area contributed by atoms with Crippen LogP contribution in [0.15, 0.2) is 60.9 Å². The molecule has 14 nitrogen and oxygen atoms in total. The number of H-pyrrole nitrogens is 2. The maximum atomic E-state index is 13.8. The fourth-order valence-electron chi connectivity index (χ4n) is 8.01. The molecule has 0 bridgehead atoms. The number of nitrogens with zero attached hydrogens (tertiary/aromatic N) is 5. The Hall–Kier alpha value is -5.66. The summed E-state index contributed by atoms with van der Waals surface area (Å²) in [4.78, 5) is 72.0. The van der Waals surface area contributed by atoms with E-state index in [2.05, 4.69) is 44.5 Å². The zero-order valence-corrected chi connectivity index (χ0v) is 32.6. The molecular weight excluding hydrogens is 701 g/mol. The van der Waals surface area contributed by atoms with Crippen LogP contribution in [0.1, 0.15) is 78.0 Å². The third-order valence-corrected chi connectivity index (χ3v) is 11.2. The molecule has 55 heavy (non-hydrogen) atoms. The second-order valence-corrected chi connectivity index (χ2v) is 15.5. The van der Waals surface area contributed by atoms with Crippen LogP contribution in [0, 0.1) is 11.8 Å². The van der Waals surface area contributed by atoms with Crippen molar-refractivity contribution in [2.45, 2.75) is 84.0 Å². The number of amides is 4. The number of rotatable bonds is 11. The van der Waals surface area contributed by atoms with Crippen LogP contribution in [0.5, 0.6) is 0 Å². The number of carboxylic acid groups (broad SMARTS) is 1. The zero-order valence-electron chi connectivity index (χ0n) is 32.6. The van der Waals surface area contributed by atoms with E-state index in [-0.39, 0.29) is 29.7 Å². The van der Waals surface area contributed by atoms with Crippen LogP contribution in [0.4, 0.5) is 9.59 Å². The molecule has 2 fully saturated rings. The van der Waals surface area contributed by atoms with Crippen LogP contribution >= 0.6 is 0 Å². The van der Waals surface area contributed by atoms with Gasteiger partial charge in [0.15, 0.2) is 0 Å². The topological polar surface area (TPSA) is 177 Å². The summed E-state index contributed by atoms with van der Waals surface area (Å²) in [6.07, 6.45) is 4.96. The van der Waals surface area contributed by atoms with Crippen molar-refractivity contribution < 1.29 is 29.0 Å². The smallest absolute Gasteiger partial charge is 0.407 e. The van der Waals surface area contributed by atoms with E-state index >= 15 is 0 Å². The molecule has 0 radical (unpaired) electrons. The highest BCUT2D eigenvalue weighted by Gasteiger charge is 2.47. The lowest BCUT2D eigenvalue weighted by Gasteiger charge is -2.39. The summed E-state index contributed by atoms with van der Waals surface area (Å²) < 4.78 is 4.75. The number of methoxy groups -OCH3 is 1. The number of aromatic amines is 2. The molecule has 4 aromatic rings. The van der Waals surface area contributed by atoms with Gasteiger partial charge in [0.2, 0.25) is 11.8 Å². The molecular formula is C41H52N8O6. The Balaban J connectivity index is 1.13. The summed E-state index contributed by atoms with van der Waals surface area (Å²) in [5.41, 5.74) is 5.00. The van der Waals surface area contributed by atoms with Gasteiger partial charge in [-0.3, -0.25) is 14.5 Å². The number of alkyl carbamates (subject to hydrolysis) is 1. The van der Waals surface area contributed by atoms with Gasteiger partial charge in [-0.2, -0.15) is 0 Å². The molecule has 4 amide bonds. The van der Waals surface area contributed by atoms with Gasteiger partial charge in [-0.1, -0.05) is 76.2 Å². The molecule has 2 aliphatic rings. The van der Waals surface area contributed by atoms with E-state index in [0.717, 1.165) is 70.0 Å². The number of benzene rings is 2. The molecule has 292 valence electrons. The first-order valence-electron chi connectivity index (χ1n) is 19.0. The van der Waals surface area contributed by atoms with Crippen LogP contribution in [0.3, 0.4) is 0 Å². The third kappa shape index (κ3) is 7.80. The summed E-state index contributed by atoms with van der Waals surface area (Å²) in [5.74, 6) is 0.747. The van der Waals surface area contributed by atoms with Gasteiger partial charge >= 0.3 is 12.2 Å². The van der Waals surface area contributed by atoms with E-state index in [0.29, 0.717) is 18.9 Å². The van der Waals surface area contributed by atoms with Crippen molar-refractivity contribution in [1.82, 2.24) is 40.0 Å². The number of aromatic nitrogens is 4. The molecule has 14 heteroatoms. The van der Waals surface area contributed by atoms with Crippen molar-refractivity contribution in [3.63, 3.8) is 0 Å². The highest BCUT2D eigenvalue weighted by atomic mass is 16.5. The highest BCUT2D eigenvalue weighted by molar-refractivity contribution is 5.87. The van der Waals surface area contributed by atoms with E-state index < -0.39 is 29.8 Å². The molecule has 0 spiro atoms. The van der Waals surface area contributed by atoms with Crippen molar-refractivity contribution in [2.75, 3.05) is 27.2 Å². The number of ether oxygens (including phenoxy) is 1. The lowest BCUT2D eigenvalue weighted by molar-refractivity contribution is -0.142. The van der Waals surface area contributed by atoms with Crippen molar-refractivity contribution in [3.8, 4) is 33.6 Å². The summed E-state index contributed by atoms with van der Waals surface area (Å²) in [5, 5.41) is 12.3. The largest absolute Gasteiger partial charge is 0.465 e.